The number of rotatable bonds is 0. The maximum Gasteiger partial charge on any atom is 0.363 e. The second kappa shape index (κ2) is 3.32. The van der Waals surface area contributed by atoms with Gasteiger partial charge in [0.25, 0.3) is 0 Å². The summed E-state index contributed by atoms with van der Waals surface area (Å²) in [7, 11) is 0. The molecule has 0 aliphatic heterocycles. The quantitative estimate of drug-likeness (QED) is 0.699. The lowest BCUT2D eigenvalue weighted by atomic mass is 10.2. The Hall–Kier alpha value is -1.39. The van der Waals surface area contributed by atoms with Crippen LogP contribution in [0.15, 0.2) is 21.3 Å². The van der Waals surface area contributed by atoms with Gasteiger partial charge in [-0.25, -0.2) is 4.79 Å². The number of hydrogen-bond acceptors (Lipinski definition) is 4. The highest BCUT2D eigenvalue weighted by atomic mass is 35.5. The molecule has 2 rings (SSSR count). The number of halogens is 2. The molecule has 78 valence electrons. The summed E-state index contributed by atoms with van der Waals surface area (Å²) in [6.07, 6.45) is 0. The Bertz CT molecular complexity index is 606. The highest BCUT2D eigenvalue weighted by Gasteiger charge is 2.14. The summed E-state index contributed by atoms with van der Waals surface area (Å²) in [6, 6.07) is 2.95. The third-order valence-electron chi connectivity index (χ3n) is 1.97. The number of aromatic hydroxyl groups is 1. The van der Waals surface area contributed by atoms with Gasteiger partial charge in [0.05, 0.1) is 10.4 Å². The minimum atomic E-state index is -0.843. The van der Waals surface area contributed by atoms with Gasteiger partial charge in [0.15, 0.2) is 17.0 Å². The molecule has 0 unspecified atom stereocenters. The van der Waals surface area contributed by atoms with Crippen molar-refractivity contribution in [2.45, 2.75) is 0 Å². The Balaban J connectivity index is 3.05. The zero-order chi connectivity index (χ0) is 11.2. The van der Waals surface area contributed by atoms with Crippen molar-refractivity contribution in [2.24, 2.45) is 0 Å². The number of benzene rings is 1. The fraction of sp³-hybridized carbons (Fsp3) is 0. The molecule has 1 aromatic heterocycles. The third-order valence-corrected chi connectivity index (χ3v) is 2.76. The highest BCUT2D eigenvalue weighted by Crippen LogP contribution is 2.35. The lowest BCUT2D eigenvalue weighted by Gasteiger charge is -2.04. The molecule has 4 nitrogen and oxygen atoms in total. The summed E-state index contributed by atoms with van der Waals surface area (Å²) in [5, 5.41) is 10.1. The van der Waals surface area contributed by atoms with E-state index in [1.54, 1.807) is 0 Å². The van der Waals surface area contributed by atoms with E-state index in [9.17, 15) is 9.90 Å². The lowest BCUT2D eigenvalue weighted by Crippen LogP contribution is -2.06. The average molecular weight is 246 g/mol. The van der Waals surface area contributed by atoms with Crippen molar-refractivity contribution in [3.63, 3.8) is 0 Å². The van der Waals surface area contributed by atoms with E-state index in [4.69, 9.17) is 33.4 Å². The number of nitrogen functional groups attached to an aromatic ring is 1. The van der Waals surface area contributed by atoms with Gasteiger partial charge in [-0.3, -0.25) is 0 Å². The number of nitrogens with two attached hydrogens (primary N) is 1. The molecule has 1 aromatic carbocycles. The molecule has 6 heteroatoms. The molecule has 0 bridgehead atoms. The van der Waals surface area contributed by atoms with E-state index >= 15 is 0 Å². The average Bonchev–Trinajstić information content (AvgIpc) is 2.21. The van der Waals surface area contributed by atoms with Crippen LogP contribution in [0.25, 0.3) is 11.0 Å². The molecule has 3 N–H and O–H groups in total. The summed E-state index contributed by atoms with van der Waals surface area (Å²) in [5.41, 5.74) is 4.14. The van der Waals surface area contributed by atoms with Crippen LogP contribution < -0.4 is 11.4 Å². The molecule has 0 radical (unpaired) electrons. The van der Waals surface area contributed by atoms with Crippen LogP contribution in [0.5, 0.6) is 5.75 Å². The van der Waals surface area contributed by atoms with Gasteiger partial charge in [0.1, 0.15) is 5.02 Å². The molecule has 0 fully saturated rings. The van der Waals surface area contributed by atoms with Gasteiger partial charge in [-0.05, 0) is 12.1 Å². The van der Waals surface area contributed by atoms with E-state index < -0.39 is 5.63 Å². The third kappa shape index (κ3) is 1.42. The Labute approximate surface area is 93.8 Å². The zero-order valence-corrected chi connectivity index (χ0v) is 8.76. The molecule has 15 heavy (non-hydrogen) atoms. The summed E-state index contributed by atoms with van der Waals surface area (Å²) in [4.78, 5) is 11.2. The molecule has 0 aliphatic rings. The van der Waals surface area contributed by atoms with E-state index in [0.717, 1.165) is 0 Å². The molecule has 0 aliphatic carbocycles. The van der Waals surface area contributed by atoms with E-state index in [1.165, 1.54) is 12.1 Å². The molecule has 1 heterocycles. The first kappa shape index (κ1) is 10.1. The van der Waals surface area contributed by atoms with Crippen molar-refractivity contribution in [2.75, 3.05) is 5.73 Å². The Morgan fingerprint density at radius 1 is 1.33 bits per heavy atom. The minimum Gasteiger partial charge on any atom is -0.505 e. The molecule has 0 amide bonds. The van der Waals surface area contributed by atoms with Crippen LogP contribution in [0.3, 0.4) is 0 Å². The topological polar surface area (TPSA) is 76.5 Å². The lowest BCUT2D eigenvalue weighted by molar-refractivity contribution is 0.472. The first-order valence-electron chi connectivity index (χ1n) is 3.91. The zero-order valence-electron chi connectivity index (χ0n) is 7.25. The van der Waals surface area contributed by atoms with Crippen LogP contribution in [0.1, 0.15) is 0 Å². The number of fused-ring (bicyclic) bond motifs is 1. The van der Waals surface area contributed by atoms with Crippen molar-refractivity contribution in [3.8, 4) is 5.75 Å². The minimum absolute atomic E-state index is 0.0286. The van der Waals surface area contributed by atoms with Crippen LogP contribution in [-0.2, 0) is 0 Å². The van der Waals surface area contributed by atoms with Gasteiger partial charge in [-0.15, -0.1) is 0 Å². The van der Waals surface area contributed by atoms with E-state index in [2.05, 4.69) is 0 Å². The normalized spacial score (nSPS) is 10.8. The molecule has 2 aromatic rings. The predicted octanol–water partition coefficient (Wildman–Crippen LogP) is 2.39. The molecule has 0 spiro atoms. The molecular weight excluding hydrogens is 241 g/mol. The number of hydrogen-bond donors (Lipinski definition) is 2. The highest BCUT2D eigenvalue weighted by molar-refractivity contribution is 6.44. The van der Waals surface area contributed by atoms with Crippen molar-refractivity contribution >= 4 is 39.9 Å². The van der Waals surface area contributed by atoms with Crippen molar-refractivity contribution in [1.29, 1.82) is 0 Å². The summed E-state index contributed by atoms with van der Waals surface area (Å²) >= 11 is 11.5. The second-order valence-corrected chi connectivity index (χ2v) is 3.68. The van der Waals surface area contributed by atoms with Crippen LogP contribution in [0, 0.1) is 0 Å². The van der Waals surface area contributed by atoms with E-state index in [1.807, 2.05) is 0 Å². The van der Waals surface area contributed by atoms with Crippen molar-refractivity contribution in [1.82, 2.24) is 0 Å². The van der Waals surface area contributed by atoms with Gasteiger partial charge >= 0.3 is 5.63 Å². The summed E-state index contributed by atoms with van der Waals surface area (Å²) < 4.78 is 4.83. The van der Waals surface area contributed by atoms with Gasteiger partial charge < -0.3 is 15.3 Å². The van der Waals surface area contributed by atoms with Gasteiger partial charge in [0, 0.05) is 0 Å². The summed E-state index contributed by atoms with van der Waals surface area (Å²) in [5.74, 6) is -0.347. The van der Waals surface area contributed by atoms with Crippen LogP contribution in [-0.4, -0.2) is 5.11 Å². The smallest absolute Gasteiger partial charge is 0.363 e. The molecular formula is C9H5Cl2NO3. The molecule has 0 saturated heterocycles. The predicted molar refractivity (Wildman–Crippen MR) is 58.6 cm³/mol. The monoisotopic (exact) mass is 245 g/mol. The van der Waals surface area contributed by atoms with Crippen LogP contribution in [0.2, 0.25) is 10.0 Å². The maximum atomic E-state index is 11.2. The summed E-state index contributed by atoms with van der Waals surface area (Å²) in [6.45, 7) is 0. The fourth-order valence-corrected chi connectivity index (χ4v) is 1.56. The molecule has 0 atom stereocenters. The van der Waals surface area contributed by atoms with Gasteiger partial charge in [-0.2, -0.15) is 0 Å². The largest absolute Gasteiger partial charge is 0.505 e. The Morgan fingerprint density at radius 3 is 2.67 bits per heavy atom. The molecule has 0 saturated carbocycles. The SMILES string of the molecule is Nc1c(O)c2ccc(Cl)c(Cl)c2oc1=O. The fourth-order valence-electron chi connectivity index (χ4n) is 1.21. The second-order valence-electron chi connectivity index (χ2n) is 2.89. The van der Waals surface area contributed by atoms with Crippen LogP contribution >= 0.6 is 23.2 Å². The number of anilines is 1. The Morgan fingerprint density at radius 2 is 2.00 bits per heavy atom. The van der Waals surface area contributed by atoms with Crippen molar-refractivity contribution < 1.29 is 9.52 Å². The first-order chi connectivity index (χ1) is 7.02. The van der Waals surface area contributed by atoms with E-state index in [-0.39, 0.29) is 32.5 Å². The van der Waals surface area contributed by atoms with E-state index in [0.29, 0.717) is 0 Å². The Kier molecular flexibility index (Phi) is 2.25. The maximum absolute atomic E-state index is 11.2. The van der Waals surface area contributed by atoms with Gasteiger partial charge in [0.2, 0.25) is 0 Å². The van der Waals surface area contributed by atoms with Crippen LogP contribution in [0.4, 0.5) is 5.69 Å². The standard InChI is InChI=1S/C9H5Cl2NO3/c10-4-2-1-3-7(13)6(12)9(14)15-8(3)5(4)11/h1-2,13H,12H2. The van der Waals surface area contributed by atoms with Gasteiger partial charge in [-0.1, -0.05) is 23.2 Å². The first-order valence-corrected chi connectivity index (χ1v) is 4.67. The van der Waals surface area contributed by atoms with Crippen molar-refractivity contribution in [3.05, 3.63) is 32.6 Å².